The van der Waals surface area contributed by atoms with Crippen LogP contribution in [0.2, 0.25) is 0 Å². The number of nitriles is 1. The predicted molar refractivity (Wildman–Crippen MR) is 125 cm³/mol. The molecular weight excluding hydrogens is 530 g/mol. The van der Waals surface area contributed by atoms with Gasteiger partial charge in [-0.05, 0) is 56.9 Å². The number of piperidine rings is 1. The van der Waals surface area contributed by atoms with E-state index in [0.717, 1.165) is 6.07 Å². The van der Waals surface area contributed by atoms with Crippen molar-refractivity contribution in [3.63, 3.8) is 0 Å². The van der Waals surface area contributed by atoms with Gasteiger partial charge in [-0.1, -0.05) is 15.9 Å². The summed E-state index contributed by atoms with van der Waals surface area (Å²) in [6.07, 6.45) is -2.36. The first kappa shape index (κ1) is 25.1. The minimum absolute atomic E-state index is 0.0606. The Morgan fingerprint density at radius 2 is 2.00 bits per heavy atom. The molecule has 1 saturated carbocycles. The molecule has 6 nitrogen and oxygen atoms in total. The molecular formula is C24H22BrF4N5O. The maximum Gasteiger partial charge on any atom is 0.433 e. The summed E-state index contributed by atoms with van der Waals surface area (Å²) in [6.45, 7) is 2.27. The van der Waals surface area contributed by atoms with Crippen LogP contribution in [0.4, 0.5) is 23.2 Å². The first-order chi connectivity index (χ1) is 16.5. The number of amidine groups is 1. The van der Waals surface area contributed by atoms with Gasteiger partial charge in [-0.3, -0.25) is 4.79 Å². The molecule has 1 aromatic carbocycles. The number of anilines is 1. The highest BCUT2D eigenvalue weighted by molar-refractivity contribution is 9.10. The van der Waals surface area contributed by atoms with Gasteiger partial charge in [0.05, 0.1) is 11.4 Å². The van der Waals surface area contributed by atoms with Gasteiger partial charge in [-0.2, -0.15) is 23.4 Å². The van der Waals surface area contributed by atoms with Crippen molar-refractivity contribution >= 4 is 33.4 Å². The first-order valence-corrected chi connectivity index (χ1v) is 11.9. The number of pyridine rings is 1. The van der Waals surface area contributed by atoms with Crippen molar-refractivity contribution in [3.05, 3.63) is 57.1 Å². The lowest BCUT2D eigenvalue weighted by atomic mass is 9.90. The van der Waals surface area contributed by atoms with Crippen LogP contribution < -0.4 is 10.6 Å². The minimum Gasteiger partial charge on any atom is -0.383 e. The lowest BCUT2D eigenvalue weighted by Gasteiger charge is -2.38. The molecule has 1 aliphatic heterocycles. The van der Waals surface area contributed by atoms with E-state index in [-0.39, 0.29) is 34.6 Å². The second-order valence-corrected chi connectivity index (χ2v) is 9.81. The van der Waals surface area contributed by atoms with Gasteiger partial charge < -0.3 is 10.6 Å². The van der Waals surface area contributed by atoms with E-state index in [9.17, 15) is 27.6 Å². The van der Waals surface area contributed by atoms with Crippen LogP contribution in [0.5, 0.6) is 0 Å². The third kappa shape index (κ3) is 5.32. The van der Waals surface area contributed by atoms with Gasteiger partial charge in [0, 0.05) is 34.5 Å². The third-order valence-corrected chi connectivity index (χ3v) is 6.82. The Hall–Kier alpha value is -3.00. The fraction of sp³-hybridized carbons (Fsp3) is 0.417. The van der Waals surface area contributed by atoms with E-state index in [1.54, 1.807) is 6.07 Å². The van der Waals surface area contributed by atoms with Gasteiger partial charge >= 0.3 is 6.18 Å². The maximum absolute atomic E-state index is 14.3. The van der Waals surface area contributed by atoms with E-state index >= 15 is 0 Å². The molecule has 2 N–H and O–H groups in total. The number of nitrogens with zero attached hydrogens (tertiary/aromatic N) is 4. The molecule has 0 radical (unpaired) electrons. The Labute approximate surface area is 208 Å². The Morgan fingerprint density at radius 1 is 1.29 bits per heavy atom. The van der Waals surface area contributed by atoms with Crippen molar-refractivity contribution in [3.8, 4) is 6.07 Å². The van der Waals surface area contributed by atoms with Crippen LogP contribution in [0.3, 0.4) is 0 Å². The quantitative estimate of drug-likeness (QED) is 0.316. The lowest BCUT2D eigenvalue weighted by molar-refractivity contribution is -0.141. The lowest BCUT2D eigenvalue weighted by Crippen LogP contribution is -2.43. The smallest absolute Gasteiger partial charge is 0.383 e. The van der Waals surface area contributed by atoms with Crippen molar-refractivity contribution in [2.75, 3.05) is 11.4 Å². The number of alkyl halides is 3. The van der Waals surface area contributed by atoms with Crippen LogP contribution in [0.25, 0.3) is 0 Å². The zero-order chi connectivity index (χ0) is 25.5. The number of benzene rings is 1. The number of carbonyl (C=O) groups is 1. The molecule has 1 saturated heterocycles. The van der Waals surface area contributed by atoms with Crippen molar-refractivity contribution in [1.82, 2.24) is 4.98 Å². The zero-order valence-electron chi connectivity index (χ0n) is 18.7. The van der Waals surface area contributed by atoms with E-state index in [0.29, 0.717) is 42.4 Å². The van der Waals surface area contributed by atoms with Crippen molar-refractivity contribution < 1.29 is 22.4 Å². The summed E-state index contributed by atoms with van der Waals surface area (Å²) in [6, 6.07) is 6.69. The molecule has 184 valence electrons. The zero-order valence-corrected chi connectivity index (χ0v) is 20.3. The second-order valence-electron chi connectivity index (χ2n) is 8.89. The third-order valence-electron chi connectivity index (χ3n) is 6.37. The summed E-state index contributed by atoms with van der Waals surface area (Å²) in [4.78, 5) is 22.6. The van der Waals surface area contributed by atoms with E-state index < -0.39 is 29.5 Å². The molecule has 1 unspecified atom stereocenters. The molecule has 0 spiro atoms. The minimum atomic E-state index is -4.57. The van der Waals surface area contributed by atoms with Gasteiger partial charge in [0.1, 0.15) is 29.0 Å². The average molecular weight is 552 g/mol. The molecule has 2 heterocycles. The number of rotatable bonds is 4. The molecule has 4 rings (SSSR count). The average Bonchev–Trinajstić information content (AvgIpc) is 3.63. The predicted octanol–water partition coefficient (Wildman–Crippen LogP) is 5.29. The fourth-order valence-electron chi connectivity index (χ4n) is 4.44. The number of amides is 1. The number of halogens is 5. The number of nitrogens with two attached hydrogens (primary N) is 1. The number of carbonyl (C=O) groups excluding carboxylic acids is 1. The number of hydrogen-bond acceptors (Lipinski definition) is 4. The van der Waals surface area contributed by atoms with Crippen molar-refractivity contribution in [2.24, 2.45) is 16.6 Å². The molecule has 1 aliphatic carbocycles. The van der Waals surface area contributed by atoms with Crippen LogP contribution >= 0.6 is 15.9 Å². The van der Waals surface area contributed by atoms with E-state index in [4.69, 9.17) is 5.73 Å². The summed E-state index contributed by atoms with van der Waals surface area (Å²) in [5.74, 6) is -1.82. The summed E-state index contributed by atoms with van der Waals surface area (Å²) in [5, 5.41) is 9.40. The van der Waals surface area contributed by atoms with E-state index in [1.165, 1.54) is 12.1 Å². The van der Waals surface area contributed by atoms with Gasteiger partial charge in [0.2, 0.25) is 0 Å². The van der Waals surface area contributed by atoms with E-state index in [2.05, 4.69) is 25.9 Å². The van der Waals surface area contributed by atoms with Gasteiger partial charge in [-0.25, -0.2) is 9.37 Å². The molecule has 2 aromatic rings. The normalized spacial score (nSPS) is 21.1. The Kier molecular flexibility index (Phi) is 6.86. The summed E-state index contributed by atoms with van der Waals surface area (Å²) in [5.41, 5.74) is 5.93. The van der Waals surface area contributed by atoms with Crippen LogP contribution in [-0.2, 0) is 11.0 Å². The molecule has 1 amide bonds. The summed E-state index contributed by atoms with van der Waals surface area (Å²) >= 11 is 3.25. The highest BCUT2D eigenvalue weighted by atomic mass is 79.9. The topological polar surface area (TPSA) is 95.4 Å². The van der Waals surface area contributed by atoms with Gasteiger partial charge in [-0.15, -0.1) is 0 Å². The molecule has 11 heteroatoms. The SMILES string of the molecule is CC1C[C@@H](C(=O)N=C(N)c2ccc(C(F)(F)F)nc2C2CC2)CCN1c1cc(Br)cc(F)c1C#N. The van der Waals surface area contributed by atoms with E-state index in [1.807, 2.05) is 17.9 Å². The molecule has 35 heavy (non-hydrogen) atoms. The van der Waals surface area contributed by atoms with Crippen LogP contribution in [0.1, 0.15) is 61.0 Å². The number of aliphatic imine (C=N–C) groups is 1. The standard InChI is InChI=1S/C24H22BrF4N5O/c1-12-8-14(6-7-34(12)19-10-15(25)9-18(26)17(19)11-30)23(35)33-22(31)16-4-5-20(24(27,28)29)32-21(16)13-2-3-13/h4-5,9-10,12-14H,2-3,6-8H2,1H3,(H2,31,33,35)/t12?,14-/m0/s1. The largest absolute Gasteiger partial charge is 0.433 e. The molecule has 2 atom stereocenters. The molecule has 0 bridgehead atoms. The van der Waals surface area contributed by atoms with Gasteiger partial charge in [0.25, 0.3) is 5.91 Å². The van der Waals surface area contributed by atoms with Crippen molar-refractivity contribution in [1.29, 1.82) is 5.26 Å². The molecule has 2 fully saturated rings. The first-order valence-electron chi connectivity index (χ1n) is 11.1. The Bertz CT molecular complexity index is 1240. The van der Waals surface area contributed by atoms with Crippen LogP contribution in [-0.4, -0.2) is 29.3 Å². The Balaban J connectivity index is 1.52. The summed E-state index contributed by atoms with van der Waals surface area (Å²) < 4.78 is 54.0. The van der Waals surface area contributed by atoms with Gasteiger partial charge in [0.15, 0.2) is 0 Å². The summed E-state index contributed by atoms with van der Waals surface area (Å²) in [7, 11) is 0. The highest BCUT2D eigenvalue weighted by Gasteiger charge is 2.37. The van der Waals surface area contributed by atoms with Crippen molar-refractivity contribution in [2.45, 2.75) is 50.7 Å². The van der Waals surface area contributed by atoms with Crippen LogP contribution in [0, 0.1) is 23.1 Å². The van der Waals surface area contributed by atoms with Crippen LogP contribution in [0.15, 0.2) is 33.7 Å². The number of aromatic nitrogens is 1. The highest BCUT2D eigenvalue weighted by Crippen LogP contribution is 2.42. The number of hydrogen-bond donors (Lipinski definition) is 1. The second kappa shape index (κ2) is 9.57. The Morgan fingerprint density at radius 3 is 2.60 bits per heavy atom. The monoisotopic (exact) mass is 551 g/mol. The maximum atomic E-state index is 14.3. The fourth-order valence-corrected chi connectivity index (χ4v) is 4.86. The molecule has 2 aliphatic rings. The molecule has 1 aromatic heterocycles.